The monoisotopic (exact) mass is 282 g/mol. The van der Waals surface area contributed by atoms with Crippen molar-refractivity contribution in [3.63, 3.8) is 0 Å². The Morgan fingerprint density at radius 3 is 2.68 bits per heavy atom. The molecule has 2 rings (SSSR count). The van der Waals surface area contributed by atoms with Crippen molar-refractivity contribution >= 4 is 22.6 Å². The van der Waals surface area contributed by atoms with Crippen LogP contribution in [0, 0.1) is 5.82 Å². The Labute approximate surface area is 118 Å². The van der Waals surface area contributed by atoms with Gasteiger partial charge in [0.1, 0.15) is 11.3 Å². The highest BCUT2D eigenvalue weighted by Crippen LogP contribution is 2.33. The Bertz CT molecular complexity index is 587. The number of alkyl halides is 1. The first-order valence-electron chi connectivity index (χ1n) is 6.70. The zero-order valence-electron chi connectivity index (χ0n) is 11.9. The van der Waals surface area contributed by atoms with Gasteiger partial charge in [-0.25, -0.2) is 9.37 Å². The van der Waals surface area contributed by atoms with Crippen LogP contribution in [-0.2, 0) is 5.54 Å². The van der Waals surface area contributed by atoms with Gasteiger partial charge in [0.2, 0.25) is 0 Å². The Morgan fingerprint density at radius 2 is 2.11 bits per heavy atom. The molecular weight excluding hydrogens is 263 g/mol. The number of benzene rings is 1. The summed E-state index contributed by atoms with van der Waals surface area (Å²) >= 11 is 6.23. The van der Waals surface area contributed by atoms with Crippen LogP contribution in [0.4, 0.5) is 4.39 Å². The fraction of sp³-hybridized carbons (Fsp3) is 0.533. The second kappa shape index (κ2) is 5.12. The maximum Gasteiger partial charge on any atom is 0.151 e. The molecule has 0 spiro atoms. The van der Waals surface area contributed by atoms with Gasteiger partial charge in [-0.3, -0.25) is 0 Å². The van der Waals surface area contributed by atoms with E-state index in [2.05, 4.69) is 30.3 Å². The molecule has 1 aromatic heterocycles. The molecule has 0 aliphatic carbocycles. The summed E-state index contributed by atoms with van der Waals surface area (Å²) in [4.78, 5) is 4.42. The molecule has 104 valence electrons. The Balaban J connectivity index is 2.76. The summed E-state index contributed by atoms with van der Waals surface area (Å²) in [5.41, 5.74) is 1.10. The highest BCUT2D eigenvalue weighted by atomic mass is 35.5. The van der Waals surface area contributed by atoms with Crippen LogP contribution in [0.3, 0.4) is 0 Å². The molecule has 0 saturated heterocycles. The van der Waals surface area contributed by atoms with Crippen LogP contribution in [0.1, 0.15) is 51.7 Å². The van der Waals surface area contributed by atoms with Gasteiger partial charge in [0.05, 0.1) is 10.9 Å². The topological polar surface area (TPSA) is 17.8 Å². The van der Waals surface area contributed by atoms with Gasteiger partial charge in [0.15, 0.2) is 5.82 Å². The summed E-state index contributed by atoms with van der Waals surface area (Å²) in [5.74, 6) is 0.447. The van der Waals surface area contributed by atoms with Gasteiger partial charge in [-0.1, -0.05) is 19.4 Å². The third-order valence-electron chi connectivity index (χ3n) is 3.48. The normalized spacial score (nSPS) is 14.0. The van der Waals surface area contributed by atoms with Crippen molar-refractivity contribution in [2.24, 2.45) is 0 Å². The molecule has 2 nitrogen and oxygen atoms in total. The van der Waals surface area contributed by atoms with Crippen molar-refractivity contribution in [1.82, 2.24) is 9.55 Å². The number of nitrogens with zero attached hydrogens (tertiary/aromatic N) is 2. The molecule has 0 saturated carbocycles. The van der Waals surface area contributed by atoms with Crippen LogP contribution in [0.25, 0.3) is 11.0 Å². The number of hydrogen-bond donors (Lipinski definition) is 0. The fourth-order valence-electron chi connectivity index (χ4n) is 2.71. The first-order valence-corrected chi connectivity index (χ1v) is 7.13. The largest absolute Gasteiger partial charge is 0.321 e. The molecule has 1 unspecified atom stereocenters. The summed E-state index contributed by atoms with van der Waals surface area (Å²) in [6.45, 7) is 8.31. The number of halogens is 2. The van der Waals surface area contributed by atoms with E-state index in [1.165, 1.54) is 6.07 Å². The predicted molar refractivity (Wildman–Crippen MR) is 78.2 cm³/mol. The molecule has 0 N–H and O–H groups in total. The van der Waals surface area contributed by atoms with E-state index in [-0.39, 0.29) is 16.7 Å². The van der Waals surface area contributed by atoms with E-state index in [4.69, 9.17) is 11.6 Å². The molecule has 0 bridgehead atoms. The third-order valence-corrected chi connectivity index (χ3v) is 3.68. The summed E-state index contributed by atoms with van der Waals surface area (Å²) in [6, 6.07) is 5.07. The summed E-state index contributed by atoms with van der Waals surface area (Å²) in [5, 5.41) is -0.247. The zero-order chi connectivity index (χ0) is 14.2. The second-order valence-electron chi connectivity index (χ2n) is 5.59. The Morgan fingerprint density at radius 1 is 1.42 bits per heavy atom. The standard InChI is InChI=1S/C15H20ClFN2/c1-5-9-15(3,4)19-12-8-6-7-11(17)13(12)18-14(19)10(2)16/h6-8,10H,5,9H2,1-4H3. The van der Waals surface area contributed by atoms with Crippen molar-refractivity contribution in [3.8, 4) is 0 Å². The lowest BCUT2D eigenvalue weighted by molar-refractivity contribution is 0.323. The molecule has 0 fully saturated rings. The van der Waals surface area contributed by atoms with Crippen molar-refractivity contribution in [2.45, 2.75) is 51.5 Å². The molecule has 2 aromatic rings. The zero-order valence-corrected chi connectivity index (χ0v) is 12.6. The maximum atomic E-state index is 13.9. The molecule has 1 atom stereocenters. The smallest absolute Gasteiger partial charge is 0.151 e. The Kier molecular flexibility index (Phi) is 3.86. The lowest BCUT2D eigenvalue weighted by atomic mass is 9.97. The average molecular weight is 283 g/mol. The van der Waals surface area contributed by atoms with Gasteiger partial charge in [0, 0.05) is 5.54 Å². The highest BCUT2D eigenvalue weighted by molar-refractivity contribution is 6.20. The van der Waals surface area contributed by atoms with E-state index >= 15 is 0 Å². The molecule has 4 heteroatoms. The quantitative estimate of drug-likeness (QED) is 0.721. The number of rotatable bonds is 4. The van der Waals surface area contributed by atoms with Gasteiger partial charge >= 0.3 is 0 Å². The molecule has 0 radical (unpaired) electrons. The number of fused-ring (bicyclic) bond motifs is 1. The molecule has 0 amide bonds. The number of aromatic nitrogens is 2. The van der Waals surface area contributed by atoms with E-state index < -0.39 is 0 Å². The SMILES string of the molecule is CCCC(C)(C)n1c(C(C)Cl)nc2c(F)cccc21. The van der Waals surface area contributed by atoms with Crippen molar-refractivity contribution in [1.29, 1.82) is 0 Å². The predicted octanol–water partition coefficient (Wildman–Crippen LogP) is 5.01. The summed E-state index contributed by atoms with van der Waals surface area (Å²) in [6.07, 6.45) is 2.05. The van der Waals surface area contributed by atoms with Crippen LogP contribution in [-0.4, -0.2) is 9.55 Å². The first kappa shape index (κ1) is 14.3. The first-order chi connectivity index (χ1) is 8.88. The van der Waals surface area contributed by atoms with E-state index in [0.29, 0.717) is 5.52 Å². The Hall–Kier alpha value is -1.09. The van der Waals surface area contributed by atoms with Crippen LogP contribution >= 0.6 is 11.6 Å². The van der Waals surface area contributed by atoms with Crippen LogP contribution in [0.5, 0.6) is 0 Å². The molecule has 19 heavy (non-hydrogen) atoms. The number of para-hydroxylation sites is 1. The number of hydrogen-bond acceptors (Lipinski definition) is 1. The van der Waals surface area contributed by atoms with E-state index in [0.717, 1.165) is 24.2 Å². The van der Waals surface area contributed by atoms with E-state index in [9.17, 15) is 4.39 Å². The minimum atomic E-state index is -0.290. The molecule has 0 aliphatic rings. The van der Waals surface area contributed by atoms with Gasteiger partial charge in [-0.05, 0) is 39.3 Å². The van der Waals surface area contributed by atoms with Gasteiger partial charge in [-0.15, -0.1) is 11.6 Å². The molecule has 0 aliphatic heterocycles. The minimum absolute atomic E-state index is 0.129. The van der Waals surface area contributed by atoms with Crippen molar-refractivity contribution in [3.05, 3.63) is 29.8 Å². The molecule has 1 aromatic carbocycles. The van der Waals surface area contributed by atoms with Gasteiger partial charge in [0.25, 0.3) is 0 Å². The van der Waals surface area contributed by atoms with Crippen LogP contribution in [0.2, 0.25) is 0 Å². The lowest BCUT2D eigenvalue weighted by Gasteiger charge is -2.29. The highest BCUT2D eigenvalue weighted by Gasteiger charge is 2.27. The lowest BCUT2D eigenvalue weighted by Crippen LogP contribution is -2.28. The fourth-order valence-corrected chi connectivity index (χ4v) is 2.86. The van der Waals surface area contributed by atoms with Crippen LogP contribution < -0.4 is 0 Å². The molecule has 1 heterocycles. The molecular formula is C15H20ClFN2. The minimum Gasteiger partial charge on any atom is -0.321 e. The average Bonchev–Trinajstić information content (AvgIpc) is 2.70. The van der Waals surface area contributed by atoms with Gasteiger partial charge < -0.3 is 4.57 Å². The van der Waals surface area contributed by atoms with Crippen molar-refractivity contribution < 1.29 is 4.39 Å². The van der Waals surface area contributed by atoms with E-state index in [1.54, 1.807) is 6.07 Å². The summed E-state index contributed by atoms with van der Waals surface area (Å²) < 4.78 is 16.0. The number of imidazole rings is 1. The third kappa shape index (κ3) is 2.48. The maximum absolute atomic E-state index is 13.9. The second-order valence-corrected chi connectivity index (χ2v) is 6.25. The van der Waals surface area contributed by atoms with E-state index in [1.807, 2.05) is 13.0 Å². The van der Waals surface area contributed by atoms with Gasteiger partial charge in [-0.2, -0.15) is 0 Å². The van der Waals surface area contributed by atoms with Crippen molar-refractivity contribution in [2.75, 3.05) is 0 Å². The van der Waals surface area contributed by atoms with Crippen LogP contribution in [0.15, 0.2) is 18.2 Å². The summed E-state index contributed by atoms with van der Waals surface area (Å²) in [7, 11) is 0.